The average Bonchev–Trinajstić information content (AvgIpc) is 2.96. The lowest BCUT2D eigenvalue weighted by Crippen LogP contribution is -2.32. The van der Waals surface area contributed by atoms with Crippen LogP contribution in [0.5, 0.6) is 5.75 Å². The molecule has 1 aromatic carbocycles. The molecule has 1 amide bonds. The Bertz CT molecular complexity index is 444. The maximum atomic E-state index is 12.1. The van der Waals surface area contributed by atoms with Crippen LogP contribution in [0.15, 0.2) is 24.3 Å². The summed E-state index contributed by atoms with van der Waals surface area (Å²) in [5.74, 6) is 1.55. The zero-order chi connectivity index (χ0) is 11.8. The minimum absolute atomic E-state index is 0.121. The van der Waals surface area contributed by atoms with Crippen LogP contribution in [0.2, 0.25) is 0 Å². The summed E-state index contributed by atoms with van der Waals surface area (Å²) in [6.07, 6.45) is 2.29. The molecular formula is C14H17NO2. The van der Waals surface area contributed by atoms with E-state index in [9.17, 15) is 4.79 Å². The summed E-state index contributed by atoms with van der Waals surface area (Å²) in [6.45, 7) is 2.65. The molecule has 3 atom stereocenters. The van der Waals surface area contributed by atoms with Crippen LogP contribution in [0.1, 0.15) is 31.2 Å². The van der Waals surface area contributed by atoms with Crippen LogP contribution in [0.3, 0.4) is 0 Å². The standard InChI is InChI=1S/C14H17NO2/c1-2-9-7-12(9)15-14(16)11-8-17-13-6-4-3-5-10(11)13/h3-6,9,11-12H,2,7-8H2,1H3,(H,15,16)/t9-,11-,12-/m1/s1. The van der Waals surface area contributed by atoms with Gasteiger partial charge in [-0.2, -0.15) is 0 Å². The highest BCUT2D eigenvalue weighted by molar-refractivity contribution is 5.86. The Kier molecular flexibility index (Phi) is 2.54. The molecule has 0 aromatic heterocycles. The molecule has 17 heavy (non-hydrogen) atoms. The van der Waals surface area contributed by atoms with E-state index >= 15 is 0 Å². The Morgan fingerprint density at radius 2 is 2.29 bits per heavy atom. The topological polar surface area (TPSA) is 38.3 Å². The number of amides is 1. The van der Waals surface area contributed by atoms with Gasteiger partial charge in [-0.1, -0.05) is 31.5 Å². The molecule has 3 rings (SSSR count). The van der Waals surface area contributed by atoms with Gasteiger partial charge in [-0.25, -0.2) is 0 Å². The molecule has 0 spiro atoms. The van der Waals surface area contributed by atoms with E-state index in [0.717, 1.165) is 24.2 Å². The molecule has 0 bridgehead atoms. The van der Waals surface area contributed by atoms with Crippen LogP contribution >= 0.6 is 0 Å². The Morgan fingerprint density at radius 1 is 1.47 bits per heavy atom. The fourth-order valence-corrected chi connectivity index (χ4v) is 2.54. The quantitative estimate of drug-likeness (QED) is 0.865. The molecule has 1 saturated carbocycles. The molecule has 0 unspecified atom stereocenters. The lowest BCUT2D eigenvalue weighted by atomic mass is 10.0. The predicted octanol–water partition coefficient (Wildman–Crippen LogP) is 2.08. The Labute approximate surface area is 101 Å². The molecule has 0 saturated heterocycles. The van der Waals surface area contributed by atoms with E-state index in [1.165, 1.54) is 0 Å². The number of ether oxygens (including phenoxy) is 1. The minimum Gasteiger partial charge on any atom is -0.492 e. The number of rotatable bonds is 3. The number of hydrogen-bond donors (Lipinski definition) is 1. The second-order valence-electron chi connectivity index (χ2n) is 4.92. The van der Waals surface area contributed by atoms with Gasteiger partial charge in [-0.15, -0.1) is 0 Å². The first-order valence-electron chi connectivity index (χ1n) is 6.31. The zero-order valence-electron chi connectivity index (χ0n) is 9.98. The van der Waals surface area contributed by atoms with Crippen molar-refractivity contribution < 1.29 is 9.53 Å². The smallest absolute Gasteiger partial charge is 0.231 e. The van der Waals surface area contributed by atoms with Gasteiger partial charge in [-0.05, 0) is 18.4 Å². The molecular weight excluding hydrogens is 214 g/mol. The molecule has 90 valence electrons. The lowest BCUT2D eigenvalue weighted by molar-refractivity contribution is -0.122. The third-order valence-corrected chi connectivity index (χ3v) is 3.79. The number of nitrogens with one attached hydrogen (secondary N) is 1. The van der Waals surface area contributed by atoms with Gasteiger partial charge >= 0.3 is 0 Å². The van der Waals surface area contributed by atoms with Crippen molar-refractivity contribution in [2.45, 2.75) is 31.7 Å². The second kappa shape index (κ2) is 4.06. The summed E-state index contributed by atoms with van der Waals surface area (Å²) in [6, 6.07) is 8.21. The van der Waals surface area contributed by atoms with E-state index in [0.29, 0.717) is 18.6 Å². The normalized spacial score (nSPS) is 29.4. The molecule has 2 aliphatic rings. The van der Waals surface area contributed by atoms with Gasteiger partial charge in [-0.3, -0.25) is 4.79 Å². The van der Waals surface area contributed by atoms with Crippen molar-refractivity contribution in [3.8, 4) is 5.75 Å². The van der Waals surface area contributed by atoms with Crippen LogP contribution < -0.4 is 10.1 Å². The van der Waals surface area contributed by atoms with Gasteiger partial charge in [0, 0.05) is 11.6 Å². The van der Waals surface area contributed by atoms with Crippen molar-refractivity contribution >= 4 is 5.91 Å². The summed E-state index contributed by atoms with van der Waals surface area (Å²) in [5.41, 5.74) is 1.03. The van der Waals surface area contributed by atoms with E-state index in [4.69, 9.17) is 4.74 Å². The molecule has 1 heterocycles. The molecule has 1 aromatic rings. The van der Waals surface area contributed by atoms with Gasteiger partial charge in [0.2, 0.25) is 5.91 Å². The number of fused-ring (bicyclic) bond motifs is 1. The molecule has 1 aliphatic heterocycles. The Morgan fingerprint density at radius 3 is 3.06 bits per heavy atom. The largest absolute Gasteiger partial charge is 0.492 e. The molecule has 1 aliphatic carbocycles. The number of para-hydroxylation sites is 1. The van der Waals surface area contributed by atoms with Crippen LogP contribution in [-0.2, 0) is 4.79 Å². The number of benzene rings is 1. The molecule has 1 N–H and O–H groups in total. The maximum absolute atomic E-state index is 12.1. The van der Waals surface area contributed by atoms with E-state index < -0.39 is 0 Å². The first kappa shape index (κ1) is 10.6. The van der Waals surface area contributed by atoms with Crippen molar-refractivity contribution in [3.63, 3.8) is 0 Å². The van der Waals surface area contributed by atoms with Crippen molar-refractivity contribution in [2.75, 3.05) is 6.61 Å². The predicted molar refractivity (Wildman–Crippen MR) is 65.0 cm³/mol. The first-order chi connectivity index (χ1) is 8.29. The van der Waals surface area contributed by atoms with Gasteiger partial charge in [0.15, 0.2) is 0 Å². The Balaban J connectivity index is 1.68. The van der Waals surface area contributed by atoms with Gasteiger partial charge in [0.25, 0.3) is 0 Å². The maximum Gasteiger partial charge on any atom is 0.231 e. The first-order valence-corrected chi connectivity index (χ1v) is 6.31. The number of carbonyl (C=O) groups is 1. The summed E-state index contributed by atoms with van der Waals surface area (Å²) in [7, 11) is 0. The van der Waals surface area contributed by atoms with Crippen molar-refractivity contribution in [1.82, 2.24) is 5.32 Å². The van der Waals surface area contributed by atoms with Gasteiger partial charge in [0.05, 0.1) is 0 Å². The van der Waals surface area contributed by atoms with E-state index in [2.05, 4.69) is 12.2 Å². The fraction of sp³-hybridized carbons (Fsp3) is 0.500. The van der Waals surface area contributed by atoms with E-state index in [-0.39, 0.29) is 11.8 Å². The lowest BCUT2D eigenvalue weighted by Gasteiger charge is -2.09. The molecule has 3 heteroatoms. The third kappa shape index (κ3) is 1.90. The van der Waals surface area contributed by atoms with Crippen molar-refractivity contribution in [3.05, 3.63) is 29.8 Å². The van der Waals surface area contributed by atoms with Gasteiger partial charge in [0.1, 0.15) is 18.3 Å². The van der Waals surface area contributed by atoms with Gasteiger partial charge < -0.3 is 10.1 Å². The van der Waals surface area contributed by atoms with E-state index in [1.54, 1.807) is 0 Å². The summed E-state index contributed by atoms with van der Waals surface area (Å²) < 4.78 is 5.53. The van der Waals surface area contributed by atoms with Crippen LogP contribution in [0.25, 0.3) is 0 Å². The number of hydrogen-bond acceptors (Lipinski definition) is 2. The molecule has 3 nitrogen and oxygen atoms in total. The highest BCUT2D eigenvalue weighted by atomic mass is 16.5. The van der Waals surface area contributed by atoms with E-state index in [1.807, 2.05) is 24.3 Å². The minimum atomic E-state index is -0.121. The molecule has 1 fully saturated rings. The molecule has 0 radical (unpaired) electrons. The monoisotopic (exact) mass is 231 g/mol. The summed E-state index contributed by atoms with van der Waals surface area (Å²) in [5, 5.41) is 3.12. The summed E-state index contributed by atoms with van der Waals surface area (Å²) in [4.78, 5) is 12.1. The highest BCUT2D eigenvalue weighted by Gasteiger charge is 2.39. The van der Waals surface area contributed by atoms with Crippen molar-refractivity contribution in [2.24, 2.45) is 5.92 Å². The SMILES string of the molecule is CC[C@@H]1C[C@H]1NC(=O)[C@@H]1COc2ccccc21. The summed E-state index contributed by atoms with van der Waals surface area (Å²) >= 11 is 0. The van der Waals surface area contributed by atoms with Crippen LogP contribution in [0.4, 0.5) is 0 Å². The van der Waals surface area contributed by atoms with Crippen LogP contribution in [0, 0.1) is 5.92 Å². The Hall–Kier alpha value is -1.51. The zero-order valence-corrected chi connectivity index (χ0v) is 9.98. The second-order valence-corrected chi connectivity index (χ2v) is 4.92. The van der Waals surface area contributed by atoms with Crippen molar-refractivity contribution in [1.29, 1.82) is 0 Å². The fourth-order valence-electron chi connectivity index (χ4n) is 2.54. The highest BCUT2D eigenvalue weighted by Crippen LogP contribution is 2.36. The van der Waals surface area contributed by atoms with Crippen LogP contribution in [-0.4, -0.2) is 18.6 Å². The average molecular weight is 231 g/mol. The number of carbonyl (C=O) groups excluding carboxylic acids is 1. The third-order valence-electron chi connectivity index (χ3n) is 3.79.